The summed E-state index contributed by atoms with van der Waals surface area (Å²) in [7, 11) is 3.31. The van der Waals surface area contributed by atoms with Crippen LogP contribution in [0.3, 0.4) is 0 Å². The third-order valence-electron chi connectivity index (χ3n) is 2.88. The number of benzene rings is 1. The summed E-state index contributed by atoms with van der Waals surface area (Å²) >= 11 is 0. The van der Waals surface area contributed by atoms with E-state index in [4.69, 9.17) is 14.6 Å². The van der Waals surface area contributed by atoms with E-state index in [1.165, 1.54) is 10.9 Å². The van der Waals surface area contributed by atoms with E-state index in [1.54, 1.807) is 14.2 Å². The normalized spacial score (nSPS) is 10.5. The largest absolute Gasteiger partial charge is 0.487 e. The molecule has 0 radical (unpaired) electrons. The van der Waals surface area contributed by atoms with Gasteiger partial charge in [-0.2, -0.15) is 5.10 Å². The Labute approximate surface area is 116 Å². The van der Waals surface area contributed by atoms with E-state index in [0.717, 1.165) is 5.56 Å². The molecule has 106 valence electrons. The van der Waals surface area contributed by atoms with Gasteiger partial charge in [-0.3, -0.25) is 4.68 Å². The van der Waals surface area contributed by atoms with Gasteiger partial charge in [0.25, 0.3) is 0 Å². The molecule has 6 heteroatoms. The van der Waals surface area contributed by atoms with Crippen LogP contribution >= 0.6 is 0 Å². The Morgan fingerprint density at radius 2 is 2.20 bits per heavy atom. The maximum Gasteiger partial charge on any atom is 0.339 e. The SMILES string of the molecule is COCc1cccc(OCc2c(C(=O)O)cnn2C)c1. The van der Waals surface area contributed by atoms with Crippen molar-refractivity contribution < 1.29 is 19.4 Å². The lowest BCUT2D eigenvalue weighted by atomic mass is 10.2. The minimum absolute atomic E-state index is 0.147. The lowest BCUT2D eigenvalue weighted by molar-refractivity contribution is 0.0693. The van der Waals surface area contributed by atoms with E-state index in [9.17, 15) is 4.79 Å². The molecule has 0 amide bonds. The van der Waals surface area contributed by atoms with Crippen LogP contribution in [-0.2, 0) is 25.0 Å². The number of methoxy groups -OCH3 is 1. The Hall–Kier alpha value is -2.34. The minimum atomic E-state index is -1.01. The first-order valence-corrected chi connectivity index (χ1v) is 6.06. The molecule has 0 atom stereocenters. The molecule has 0 saturated carbocycles. The Morgan fingerprint density at radius 1 is 1.40 bits per heavy atom. The maximum absolute atomic E-state index is 11.1. The zero-order valence-electron chi connectivity index (χ0n) is 11.4. The van der Waals surface area contributed by atoms with Crippen LogP contribution in [0.5, 0.6) is 5.75 Å². The Balaban J connectivity index is 2.11. The summed E-state index contributed by atoms with van der Waals surface area (Å²) in [5, 5.41) is 13.0. The lowest BCUT2D eigenvalue weighted by Crippen LogP contribution is -2.08. The van der Waals surface area contributed by atoms with Gasteiger partial charge in [-0.1, -0.05) is 12.1 Å². The van der Waals surface area contributed by atoms with E-state index >= 15 is 0 Å². The number of hydrogen-bond acceptors (Lipinski definition) is 4. The summed E-state index contributed by atoms with van der Waals surface area (Å²) in [6.07, 6.45) is 1.32. The van der Waals surface area contributed by atoms with Crippen LogP contribution in [0.4, 0.5) is 0 Å². The molecular weight excluding hydrogens is 260 g/mol. The molecule has 1 N–H and O–H groups in total. The van der Waals surface area contributed by atoms with Gasteiger partial charge in [0.1, 0.15) is 17.9 Å². The summed E-state index contributed by atoms with van der Waals surface area (Å²) in [6.45, 7) is 0.651. The Kier molecular flexibility index (Phi) is 4.37. The van der Waals surface area contributed by atoms with Crippen molar-refractivity contribution in [1.29, 1.82) is 0 Å². The van der Waals surface area contributed by atoms with Crippen LogP contribution in [0.15, 0.2) is 30.5 Å². The molecule has 0 aliphatic rings. The first-order chi connectivity index (χ1) is 9.61. The van der Waals surface area contributed by atoms with E-state index < -0.39 is 5.97 Å². The molecule has 0 aliphatic heterocycles. The molecular formula is C14H16N2O4. The summed E-state index contributed by atoms with van der Waals surface area (Å²) in [5.41, 5.74) is 1.67. The molecule has 0 fully saturated rings. The third kappa shape index (κ3) is 3.16. The highest BCUT2D eigenvalue weighted by Crippen LogP contribution is 2.17. The number of carboxylic acid groups (broad SMARTS) is 1. The summed E-state index contributed by atoms with van der Waals surface area (Å²) < 4.78 is 12.2. The predicted octanol–water partition coefficient (Wildman–Crippen LogP) is 1.84. The topological polar surface area (TPSA) is 73.6 Å². The zero-order valence-corrected chi connectivity index (χ0v) is 11.4. The van der Waals surface area contributed by atoms with Gasteiger partial charge >= 0.3 is 5.97 Å². The number of aromatic nitrogens is 2. The molecule has 2 rings (SSSR count). The van der Waals surface area contributed by atoms with Gasteiger partial charge in [0.05, 0.1) is 18.5 Å². The van der Waals surface area contributed by atoms with E-state index in [2.05, 4.69) is 5.10 Å². The number of hydrogen-bond donors (Lipinski definition) is 1. The first-order valence-electron chi connectivity index (χ1n) is 6.06. The standard InChI is InChI=1S/C14H16N2O4/c1-16-13(12(7-15-16)14(17)18)9-20-11-5-3-4-10(6-11)8-19-2/h3-7H,8-9H2,1-2H3,(H,17,18). The monoisotopic (exact) mass is 276 g/mol. The number of rotatable bonds is 6. The van der Waals surface area contributed by atoms with Crippen molar-refractivity contribution in [2.24, 2.45) is 7.05 Å². The Morgan fingerprint density at radius 3 is 2.90 bits per heavy atom. The van der Waals surface area contributed by atoms with Gasteiger partial charge < -0.3 is 14.6 Å². The minimum Gasteiger partial charge on any atom is -0.487 e. The van der Waals surface area contributed by atoms with Gasteiger partial charge in [-0.05, 0) is 17.7 Å². The Bertz CT molecular complexity index is 607. The quantitative estimate of drug-likeness (QED) is 0.871. The van der Waals surface area contributed by atoms with Gasteiger partial charge in [0.2, 0.25) is 0 Å². The van der Waals surface area contributed by atoms with Gasteiger partial charge in [-0.25, -0.2) is 4.79 Å². The third-order valence-corrected chi connectivity index (χ3v) is 2.88. The van der Waals surface area contributed by atoms with Crippen molar-refractivity contribution in [1.82, 2.24) is 9.78 Å². The maximum atomic E-state index is 11.1. The van der Waals surface area contributed by atoms with Crippen LogP contribution in [0.2, 0.25) is 0 Å². The van der Waals surface area contributed by atoms with E-state index in [0.29, 0.717) is 18.1 Å². The molecule has 0 unspecified atom stereocenters. The number of aryl methyl sites for hydroxylation is 1. The average Bonchev–Trinajstić information content (AvgIpc) is 2.79. The lowest BCUT2D eigenvalue weighted by Gasteiger charge is -2.09. The van der Waals surface area contributed by atoms with Crippen molar-refractivity contribution in [2.45, 2.75) is 13.2 Å². The molecule has 6 nitrogen and oxygen atoms in total. The van der Waals surface area contributed by atoms with Crippen LogP contribution in [-0.4, -0.2) is 28.0 Å². The molecule has 1 aromatic heterocycles. The number of carboxylic acids is 1. The number of carbonyl (C=O) groups is 1. The molecule has 20 heavy (non-hydrogen) atoms. The predicted molar refractivity (Wildman–Crippen MR) is 71.7 cm³/mol. The summed E-state index contributed by atoms with van der Waals surface area (Å²) in [6, 6.07) is 7.48. The van der Waals surface area contributed by atoms with Crippen molar-refractivity contribution in [3.63, 3.8) is 0 Å². The molecule has 1 heterocycles. The molecule has 0 spiro atoms. The van der Waals surface area contributed by atoms with Crippen molar-refractivity contribution in [3.05, 3.63) is 47.3 Å². The number of aromatic carboxylic acids is 1. The smallest absolute Gasteiger partial charge is 0.339 e. The average molecular weight is 276 g/mol. The fraction of sp³-hybridized carbons (Fsp3) is 0.286. The summed E-state index contributed by atoms with van der Waals surface area (Å²) in [5.74, 6) is -0.345. The van der Waals surface area contributed by atoms with Crippen LogP contribution in [0.1, 0.15) is 21.6 Å². The van der Waals surface area contributed by atoms with Crippen LogP contribution in [0.25, 0.3) is 0 Å². The highest BCUT2D eigenvalue weighted by Gasteiger charge is 2.15. The van der Waals surface area contributed by atoms with Gasteiger partial charge in [-0.15, -0.1) is 0 Å². The van der Waals surface area contributed by atoms with Crippen molar-refractivity contribution in [2.75, 3.05) is 7.11 Å². The fourth-order valence-corrected chi connectivity index (χ4v) is 1.86. The number of nitrogens with zero attached hydrogens (tertiary/aromatic N) is 2. The number of ether oxygens (including phenoxy) is 2. The second-order valence-corrected chi connectivity index (χ2v) is 4.30. The molecule has 1 aromatic carbocycles. The fourth-order valence-electron chi connectivity index (χ4n) is 1.86. The highest BCUT2D eigenvalue weighted by atomic mass is 16.5. The van der Waals surface area contributed by atoms with Crippen LogP contribution < -0.4 is 4.74 Å². The first kappa shape index (κ1) is 14.1. The zero-order chi connectivity index (χ0) is 14.5. The van der Waals surface area contributed by atoms with Crippen LogP contribution in [0, 0.1) is 0 Å². The molecule has 2 aromatic rings. The highest BCUT2D eigenvalue weighted by molar-refractivity contribution is 5.88. The van der Waals surface area contributed by atoms with Crippen molar-refractivity contribution in [3.8, 4) is 5.75 Å². The molecule has 0 bridgehead atoms. The summed E-state index contributed by atoms with van der Waals surface area (Å²) in [4.78, 5) is 11.1. The molecule has 0 aliphatic carbocycles. The van der Waals surface area contributed by atoms with Gasteiger partial charge in [0, 0.05) is 14.2 Å². The second-order valence-electron chi connectivity index (χ2n) is 4.30. The van der Waals surface area contributed by atoms with E-state index in [1.807, 2.05) is 24.3 Å². The van der Waals surface area contributed by atoms with Gasteiger partial charge in [0.15, 0.2) is 0 Å². The van der Waals surface area contributed by atoms with Crippen molar-refractivity contribution >= 4 is 5.97 Å². The molecule has 0 saturated heterocycles. The van der Waals surface area contributed by atoms with E-state index in [-0.39, 0.29) is 12.2 Å². The second kappa shape index (κ2) is 6.21.